The van der Waals surface area contributed by atoms with E-state index in [2.05, 4.69) is 32.0 Å². The molecule has 7 heteroatoms. The molecule has 36 heavy (non-hydrogen) atoms. The third-order valence-corrected chi connectivity index (χ3v) is 8.56. The SMILES string of the molecule is CC[C@@]1(C)C(=O)CCc2c1cc1n(c2=O)Cc2c-1nc1c(C)c3c(c(C)c1c2CN(C)C)OCCO3. The van der Waals surface area contributed by atoms with Crippen LogP contribution in [0.15, 0.2) is 10.9 Å². The number of benzene rings is 1. The lowest BCUT2D eigenvalue weighted by Crippen LogP contribution is -2.41. The van der Waals surface area contributed by atoms with E-state index < -0.39 is 5.41 Å². The minimum absolute atomic E-state index is 0.0203. The maximum atomic E-state index is 13.8. The normalized spacial score (nSPS) is 20.0. The zero-order valence-corrected chi connectivity index (χ0v) is 22.0. The van der Waals surface area contributed by atoms with Gasteiger partial charge in [-0.25, -0.2) is 4.98 Å². The van der Waals surface area contributed by atoms with Gasteiger partial charge in [-0.15, -0.1) is 0 Å². The first kappa shape index (κ1) is 23.2. The first-order valence-corrected chi connectivity index (χ1v) is 12.9. The summed E-state index contributed by atoms with van der Waals surface area (Å²) >= 11 is 0. The van der Waals surface area contributed by atoms with E-state index in [4.69, 9.17) is 14.5 Å². The van der Waals surface area contributed by atoms with Crippen LogP contribution in [0.4, 0.5) is 0 Å². The van der Waals surface area contributed by atoms with Gasteiger partial charge in [-0.2, -0.15) is 0 Å². The number of Topliss-reactive ketones (excluding diaryl/α,β-unsaturated/α-hetero) is 1. The highest BCUT2D eigenvalue weighted by Crippen LogP contribution is 2.47. The van der Waals surface area contributed by atoms with Crippen molar-refractivity contribution in [3.8, 4) is 22.9 Å². The largest absolute Gasteiger partial charge is 0.486 e. The molecular formula is C29H33N3O4. The molecule has 0 amide bonds. The van der Waals surface area contributed by atoms with Crippen molar-refractivity contribution in [2.45, 2.75) is 65.5 Å². The maximum absolute atomic E-state index is 13.8. The zero-order chi connectivity index (χ0) is 25.5. The van der Waals surface area contributed by atoms with Crippen LogP contribution in [0.5, 0.6) is 11.5 Å². The van der Waals surface area contributed by atoms with E-state index in [1.54, 1.807) is 0 Å². The second kappa shape index (κ2) is 7.90. The minimum atomic E-state index is -0.634. The number of carbonyl (C=O) groups excluding carboxylic acids is 1. The number of nitrogens with zero attached hydrogens (tertiary/aromatic N) is 3. The van der Waals surface area contributed by atoms with Crippen molar-refractivity contribution in [1.82, 2.24) is 14.5 Å². The minimum Gasteiger partial charge on any atom is -0.486 e. The Morgan fingerprint density at radius 1 is 1.06 bits per heavy atom. The summed E-state index contributed by atoms with van der Waals surface area (Å²) in [5.41, 5.74) is 7.86. The number of ether oxygens (including phenoxy) is 2. The summed E-state index contributed by atoms with van der Waals surface area (Å²) in [7, 11) is 4.12. The van der Waals surface area contributed by atoms with Crippen molar-refractivity contribution >= 4 is 16.7 Å². The molecular weight excluding hydrogens is 454 g/mol. The van der Waals surface area contributed by atoms with Crippen molar-refractivity contribution in [3.05, 3.63) is 49.8 Å². The first-order chi connectivity index (χ1) is 17.2. The number of rotatable bonds is 3. The molecule has 0 spiro atoms. The number of aromatic nitrogens is 2. The molecule has 2 aromatic heterocycles. The average molecular weight is 488 g/mol. The van der Waals surface area contributed by atoms with Gasteiger partial charge in [-0.3, -0.25) is 9.59 Å². The molecule has 6 rings (SSSR count). The van der Waals surface area contributed by atoms with Gasteiger partial charge < -0.3 is 18.9 Å². The highest BCUT2D eigenvalue weighted by Gasteiger charge is 2.41. The van der Waals surface area contributed by atoms with Crippen LogP contribution in [0.2, 0.25) is 0 Å². The van der Waals surface area contributed by atoms with Gasteiger partial charge in [0.25, 0.3) is 5.56 Å². The van der Waals surface area contributed by atoms with Crippen molar-refractivity contribution in [3.63, 3.8) is 0 Å². The fourth-order valence-corrected chi connectivity index (χ4v) is 6.40. The molecule has 1 aliphatic carbocycles. The van der Waals surface area contributed by atoms with E-state index in [1.807, 2.05) is 25.3 Å². The van der Waals surface area contributed by atoms with Crippen LogP contribution in [0.1, 0.15) is 60.1 Å². The summed E-state index contributed by atoms with van der Waals surface area (Å²) in [5, 5.41) is 1.09. The predicted octanol–water partition coefficient (Wildman–Crippen LogP) is 4.06. The fourth-order valence-electron chi connectivity index (χ4n) is 6.40. The van der Waals surface area contributed by atoms with Crippen LogP contribution in [0, 0.1) is 13.8 Å². The highest BCUT2D eigenvalue weighted by atomic mass is 16.6. The van der Waals surface area contributed by atoms with Crippen LogP contribution in [0.25, 0.3) is 22.3 Å². The molecule has 3 aromatic rings. The van der Waals surface area contributed by atoms with Gasteiger partial charge >= 0.3 is 0 Å². The summed E-state index contributed by atoms with van der Waals surface area (Å²) < 4.78 is 14.0. The number of hydrogen-bond acceptors (Lipinski definition) is 6. The Labute approximate surface area is 211 Å². The second-order valence-corrected chi connectivity index (χ2v) is 10.9. The van der Waals surface area contributed by atoms with Gasteiger partial charge in [0.1, 0.15) is 19.0 Å². The quantitative estimate of drug-likeness (QED) is 0.434. The van der Waals surface area contributed by atoms with Crippen LogP contribution in [-0.2, 0) is 29.7 Å². The summed E-state index contributed by atoms with van der Waals surface area (Å²) in [6, 6.07) is 2.08. The predicted molar refractivity (Wildman–Crippen MR) is 139 cm³/mol. The molecule has 4 heterocycles. The van der Waals surface area contributed by atoms with Gasteiger partial charge in [0.15, 0.2) is 11.5 Å². The van der Waals surface area contributed by atoms with E-state index in [0.29, 0.717) is 39.0 Å². The molecule has 0 N–H and O–H groups in total. The molecule has 1 aromatic carbocycles. The Hall–Kier alpha value is -3.19. The lowest BCUT2D eigenvalue weighted by molar-refractivity contribution is -0.124. The van der Waals surface area contributed by atoms with Gasteiger partial charge in [0.2, 0.25) is 0 Å². The van der Waals surface area contributed by atoms with Crippen LogP contribution >= 0.6 is 0 Å². The van der Waals surface area contributed by atoms with Crippen molar-refractivity contribution in [2.24, 2.45) is 0 Å². The summed E-state index contributed by atoms with van der Waals surface area (Å²) in [5.74, 6) is 1.78. The smallest absolute Gasteiger partial charge is 0.254 e. The van der Waals surface area contributed by atoms with E-state index in [9.17, 15) is 9.59 Å². The van der Waals surface area contributed by atoms with E-state index in [-0.39, 0.29) is 11.3 Å². The first-order valence-electron chi connectivity index (χ1n) is 12.9. The molecule has 0 bridgehead atoms. The Balaban J connectivity index is 1.70. The molecule has 2 aliphatic heterocycles. The Kier molecular flexibility index (Phi) is 5.10. The molecule has 0 saturated heterocycles. The van der Waals surface area contributed by atoms with Crippen molar-refractivity contribution in [1.29, 1.82) is 0 Å². The Morgan fingerprint density at radius 3 is 2.42 bits per heavy atom. The topological polar surface area (TPSA) is 73.7 Å². The highest BCUT2D eigenvalue weighted by molar-refractivity contribution is 5.97. The van der Waals surface area contributed by atoms with Gasteiger partial charge in [0.05, 0.1) is 28.9 Å². The zero-order valence-electron chi connectivity index (χ0n) is 22.0. The number of hydrogen-bond donors (Lipinski definition) is 0. The van der Waals surface area contributed by atoms with Gasteiger partial charge in [0, 0.05) is 40.6 Å². The van der Waals surface area contributed by atoms with Crippen LogP contribution in [0.3, 0.4) is 0 Å². The molecule has 0 radical (unpaired) electrons. The number of aryl methyl sites for hydroxylation is 2. The summed E-state index contributed by atoms with van der Waals surface area (Å²) in [6.45, 7) is 10.4. The number of pyridine rings is 2. The standard InChI is InChI=1S/C29H33N3O4/c1-7-29(4)20-12-21-25-19(14-32(21)28(34)17(20)8-9-22(29)33)18(13-31(5)6)23-15(2)26-27(36-11-10-35-26)16(3)24(23)30-25/h12H,7-11,13-14H2,1-6H3/t29-/m1/s1. The Morgan fingerprint density at radius 2 is 1.75 bits per heavy atom. The van der Waals surface area contributed by atoms with Crippen LogP contribution in [-0.4, -0.2) is 47.5 Å². The molecule has 0 saturated carbocycles. The fraction of sp³-hybridized carbons (Fsp3) is 0.483. The maximum Gasteiger partial charge on any atom is 0.254 e. The average Bonchev–Trinajstić information content (AvgIpc) is 3.24. The molecule has 0 fully saturated rings. The summed E-state index contributed by atoms with van der Waals surface area (Å²) in [4.78, 5) is 34.2. The third kappa shape index (κ3) is 2.98. The molecule has 3 aliphatic rings. The van der Waals surface area contributed by atoms with Crippen molar-refractivity contribution in [2.75, 3.05) is 27.3 Å². The van der Waals surface area contributed by atoms with Gasteiger partial charge in [-0.05, 0) is 64.9 Å². The number of fused-ring (bicyclic) bond motifs is 6. The van der Waals surface area contributed by atoms with Crippen LogP contribution < -0.4 is 15.0 Å². The Bertz CT molecular complexity index is 1530. The number of carbonyl (C=O) groups is 1. The van der Waals surface area contributed by atoms with E-state index >= 15 is 0 Å². The number of ketones is 1. The molecule has 0 unspecified atom stereocenters. The van der Waals surface area contributed by atoms with Crippen molar-refractivity contribution < 1.29 is 14.3 Å². The van der Waals surface area contributed by atoms with Gasteiger partial charge in [-0.1, -0.05) is 6.92 Å². The van der Waals surface area contributed by atoms with E-state index in [0.717, 1.165) is 68.2 Å². The summed E-state index contributed by atoms with van der Waals surface area (Å²) in [6.07, 6.45) is 1.61. The molecule has 1 atom stereocenters. The van der Waals surface area contributed by atoms with E-state index in [1.165, 1.54) is 5.56 Å². The molecule has 7 nitrogen and oxygen atoms in total. The lowest BCUT2D eigenvalue weighted by Gasteiger charge is -2.33. The monoisotopic (exact) mass is 487 g/mol. The second-order valence-electron chi connectivity index (χ2n) is 10.9. The lowest BCUT2D eigenvalue weighted by atomic mass is 9.69. The third-order valence-electron chi connectivity index (χ3n) is 8.56. The molecule has 188 valence electrons.